The highest BCUT2D eigenvalue weighted by Crippen LogP contribution is 2.24. The molecule has 1 unspecified atom stereocenters. The molecule has 1 aromatic heterocycles. The van der Waals surface area contributed by atoms with Crippen LogP contribution >= 0.6 is 11.8 Å². The molecule has 1 aromatic carbocycles. The van der Waals surface area contributed by atoms with Crippen LogP contribution < -0.4 is 5.56 Å². The van der Waals surface area contributed by atoms with Crippen LogP contribution in [0.15, 0.2) is 34.2 Å². The van der Waals surface area contributed by atoms with Crippen molar-refractivity contribution in [3.8, 4) is 0 Å². The van der Waals surface area contributed by atoms with Crippen LogP contribution in [0.2, 0.25) is 0 Å². The van der Waals surface area contributed by atoms with E-state index in [1.165, 1.54) is 6.42 Å². The van der Waals surface area contributed by atoms with E-state index in [0.29, 0.717) is 17.7 Å². The molecule has 4 nitrogen and oxygen atoms in total. The summed E-state index contributed by atoms with van der Waals surface area (Å²) in [5.41, 5.74) is 0.795. The van der Waals surface area contributed by atoms with E-state index < -0.39 is 0 Å². The van der Waals surface area contributed by atoms with Crippen molar-refractivity contribution >= 4 is 22.7 Å². The minimum Gasteiger partial charge on any atom is -0.396 e. The highest BCUT2D eigenvalue weighted by molar-refractivity contribution is 7.99. The van der Waals surface area contributed by atoms with Crippen LogP contribution in [-0.2, 0) is 0 Å². The Bertz CT molecular complexity index is 712. The van der Waals surface area contributed by atoms with Gasteiger partial charge in [-0.1, -0.05) is 50.6 Å². The van der Waals surface area contributed by atoms with E-state index in [9.17, 15) is 4.79 Å². The molecule has 1 atom stereocenters. The number of hydrogen-bond acceptors (Lipinski definition) is 4. The summed E-state index contributed by atoms with van der Waals surface area (Å²) < 4.78 is 1.85. The lowest BCUT2D eigenvalue weighted by molar-refractivity contribution is 0.296. The van der Waals surface area contributed by atoms with Crippen LogP contribution in [0.4, 0.5) is 0 Å². The number of nitrogens with zero attached hydrogens (tertiary/aromatic N) is 2. The van der Waals surface area contributed by atoms with E-state index >= 15 is 0 Å². The van der Waals surface area contributed by atoms with Crippen LogP contribution in [0, 0.1) is 5.92 Å². The zero-order chi connectivity index (χ0) is 17.5. The van der Waals surface area contributed by atoms with Gasteiger partial charge in [0, 0.05) is 18.4 Å². The van der Waals surface area contributed by atoms with Gasteiger partial charge in [-0.3, -0.25) is 9.36 Å². The minimum atomic E-state index is 0.0455. The molecular weight excluding hydrogens is 320 g/mol. The first-order valence-electron chi connectivity index (χ1n) is 8.79. The molecule has 2 rings (SSSR count). The zero-order valence-electron chi connectivity index (χ0n) is 14.9. The third kappa shape index (κ3) is 4.84. The van der Waals surface area contributed by atoms with E-state index in [1.807, 2.05) is 28.8 Å². The van der Waals surface area contributed by atoms with Gasteiger partial charge in [-0.15, -0.1) is 0 Å². The summed E-state index contributed by atoms with van der Waals surface area (Å²) in [5, 5.41) is 10.5. The van der Waals surface area contributed by atoms with Crippen molar-refractivity contribution in [2.45, 2.75) is 57.7 Å². The lowest BCUT2D eigenvalue weighted by Gasteiger charge is -2.20. The fourth-order valence-electron chi connectivity index (χ4n) is 2.79. The van der Waals surface area contributed by atoms with Gasteiger partial charge in [0.2, 0.25) is 0 Å². The average Bonchev–Trinajstić information content (AvgIpc) is 2.55. The number of benzene rings is 1. The fraction of sp³-hybridized carbons (Fsp3) is 0.579. The van der Waals surface area contributed by atoms with Crippen molar-refractivity contribution in [3.05, 3.63) is 34.6 Å². The average molecular weight is 349 g/mol. The number of para-hydroxylation sites is 1. The number of aromatic nitrogens is 2. The Labute approximate surface area is 148 Å². The molecular formula is C19H28N2O2S. The van der Waals surface area contributed by atoms with E-state index in [1.54, 1.807) is 11.8 Å². The highest BCUT2D eigenvalue weighted by Gasteiger charge is 2.16. The molecule has 132 valence electrons. The highest BCUT2D eigenvalue weighted by atomic mass is 32.2. The van der Waals surface area contributed by atoms with E-state index in [0.717, 1.165) is 29.3 Å². The maximum atomic E-state index is 13.0. The topological polar surface area (TPSA) is 55.1 Å². The van der Waals surface area contributed by atoms with Gasteiger partial charge in [-0.2, -0.15) is 0 Å². The molecule has 0 fully saturated rings. The smallest absolute Gasteiger partial charge is 0.262 e. The van der Waals surface area contributed by atoms with Crippen LogP contribution in [-0.4, -0.2) is 27.0 Å². The predicted octanol–water partition coefficient (Wildman–Crippen LogP) is 4.26. The van der Waals surface area contributed by atoms with Crippen molar-refractivity contribution in [1.82, 2.24) is 9.55 Å². The third-order valence-corrected chi connectivity index (χ3v) is 5.19. The summed E-state index contributed by atoms with van der Waals surface area (Å²) in [5.74, 6) is 1.45. The Morgan fingerprint density at radius 3 is 2.62 bits per heavy atom. The normalized spacial score (nSPS) is 12.9. The van der Waals surface area contributed by atoms with Gasteiger partial charge in [0.15, 0.2) is 5.16 Å². The number of hydrogen-bond donors (Lipinski definition) is 1. The third-order valence-electron chi connectivity index (χ3n) is 4.15. The molecule has 0 spiro atoms. The van der Waals surface area contributed by atoms with Gasteiger partial charge in [0.1, 0.15) is 0 Å². The number of aliphatic hydroxyl groups is 1. The van der Waals surface area contributed by atoms with Gasteiger partial charge in [0.25, 0.3) is 5.56 Å². The number of rotatable bonds is 9. The first kappa shape index (κ1) is 19.0. The Morgan fingerprint density at radius 1 is 1.17 bits per heavy atom. The Kier molecular flexibility index (Phi) is 7.31. The molecule has 5 heteroatoms. The first-order valence-corrected chi connectivity index (χ1v) is 9.78. The number of fused-ring (bicyclic) bond motifs is 1. The van der Waals surface area contributed by atoms with E-state index in [-0.39, 0.29) is 18.2 Å². The van der Waals surface area contributed by atoms with Crippen LogP contribution in [0.25, 0.3) is 10.9 Å². The molecule has 2 aromatic rings. The summed E-state index contributed by atoms with van der Waals surface area (Å²) in [7, 11) is 0. The Hall–Kier alpha value is -1.33. The molecule has 1 N–H and O–H groups in total. The summed E-state index contributed by atoms with van der Waals surface area (Å²) >= 11 is 1.56. The predicted molar refractivity (Wildman–Crippen MR) is 102 cm³/mol. The molecule has 0 aliphatic carbocycles. The maximum Gasteiger partial charge on any atom is 0.262 e. The molecule has 0 saturated heterocycles. The summed E-state index contributed by atoms with van der Waals surface area (Å²) in [6.07, 6.45) is 3.96. The molecule has 0 aliphatic heterocycles. The maximum absolute atomic E-state index is 13.0. The number of thioether (sulfide) groups is 1. The van der Waals surface area contributed by atoms with Crippen LogP contribution in [0.5, 0.6) is 0 Å². The van der Waals surface area contributed by atoms with Crippen molar-refractivity contribution < 1.29 is 5.11 Å². The van der Waals surface area contributed by atoms with Gasteiger partial charge >= 0.3 is 0 Å². The lowest BCUT2D eigenvalue weighted by Crippen LogP contribution is -2.26. The van der Waals surface area contributed by atoms with E-state index in [2.05, 4.69) is 20.8 Å². The molecule has 0 bridgehead atoms. The zero-order valence-corrected chi connectivity index (χ0v) is 15.7. The largest absolute Gasteiger partial charge is 0.396 e. The van der Waals surface area contributed by atoms with E-state index in [4.69, 9.17) is 10.1 Å². The lowest BCUT2D eigenvalue weighted by atomic mass is 10.0. The van der Waals surface area contributed by atoms with Gasteiger partial charge in [-0.05, 0) is 37.8 Å². The molecule has 0 radical (unpaired) electrons. The Balaban J connectivity index is 2.34. The molecule has 0 saturated carbocycles. The number of aliphatic hydroxyl groups excluding tert-OH is 1. The standard InChI is InChI=1S/C19H28N2O2S/c1-14(2)8-6-9-15(3)21-18(23)16-10-4-5-11-17(16)20-19(21)24-13-7-12-22/h4-5,10-11,14-15,22H,6-9,12-13H2,1-3H3. The molecule has 24 heavy (non-hydrogen) atoms. The molecule has 0 aliphatic rings. The van der Waals surface area contributed by atoms with Crippen LogP contribution in [0.3, 0.4) is 0 Å². The second-order valence-electron chi connectivity index (χ2n) is 6.69. The Morgan fingerprint density at radius 2 is 1.92 bits per heavy atom. The summed E-state index contributed by atoms with van der Waals surface area (Å²) in [6, 6.07) is 7.67. The van der Waals surface area contributed by atoms with Crippen molar-refractivity contribution in [1.29, 1.82) is 0 Å². The monoisotopic (exact) mass is 348 g/mol. The molecule has 0 amide bonds. The van der Waals surface area contributed by atoms with Gasteiger partial charge in [0.05, 0.1) is 10.9 Å². The van der Waals surface area contributed by atoms with Crippen molar-refractivity contribution in [3.63, 3.8) is 0 Å². The van der Waals surface area contributed by atoms with Crippen molar-refractivity contribution in [2.24, 2.45) is 5.92 Å². The van der Waals surface area contributed by atoms with Crippen molar-refractivity contribution in [2.75, 3.05) is 12.4 Å². The summed E-state index contributed by atoms with van der Waals surface area (Å²) in [6.45, 7) is 6.72. The first-order chi connectivity index (χ1) is 11.5. The summed E-state index contributed by atoms with van der Waals surface area (Å²) in [4.78, 5) is 17.7. The van der Waals surface area contributed by atoms with Crippen LogP contribution in [0.1, 0.15) is 52.5 Å². The molecule has 1 heterocycles. The fourth-order valence-corrected chi connectivity index (χ4v) is 3.82. The second-order valence-corrected chi connectivity index (χ2v) is 7.75. The quantitative estimate of drug-likeness (QED) is 0.418. The second kappa shape index (κ2) is 9.23. The minimum absolute atomic E-state index is 0.0455. The van der Waals surface area contributed by atoms with Gasteiger partial charge in [-0.25, -0.2) is 4.98 Å². The SMILES string of the molecule is CC(C)CCCC(C)n1c(SCCCO)nc2ccccc2c1=O. The van der Waals surface area contributed by atoms with Gasteiger partial charge < -0.3 is 5.11 Å².